The summed E-state index contributed by atoms with van der Waals surface area (Å²) in [5.41, 5.74) is 0.679. The Morgan fingerprint density at radius 2 is 2.15 bits per heavy atom. The summed E-state index contributed by atoms with van der Waals surface area (Å²) in [5.74, 6) is -1.01. The Morgan fingerprint density at radius 3 is 2.75 bits per heavy atom. The Labute approximate surface area is 118 Å². The first kappa shape index (κ1) is 15.9. The maximum atomic E-state index is 11.7. The van der Waals surface area contributed by atoms with Gasteiger partial charge in [-0.3, -0.25) is 4.98 Å². The molecule has 0 aliphatic carbocycles. The van der Waals surface area contributed by atoms with Gasteiger partial charge in [0.05, 0.1) is 17.8 Å². The number of aromatic nitrogens is 1. The van der Waals surface area contributed by atoms with E-state index < -0.39 is 5.97 Å². The Bertz CT molecular complexity index is 463. The van der Waals surface area contributed by atoms with Gasteiger partial charge < -0.3 is 15.7 Å². The number of rotatable bonds is 7. The third-order valence-corrected chi connectivity index (χ3v) is 2.96. The summed E-state index contributed by atoms with van der Waals surface area (Å²) in [5, 5.41) is 14.4. The third kappa shape index (κ3) is 5.26. The highest BCUT2D eigenvalue weighted by atomic mass is 16.4. The molecule has 6 nitrogen and oxygen atoms in total. The summed E-state index contributed by atoms with van der Waals surface area (Å²) < 4.78 is 0. The SMILES string of the molecule is CCCC(CC)NC(=O)NCc1cc(C(=O)O)ccn1. The van der Waals surface area contributed by atoms with E-state index in [-0.39, 0.29) is 24.2 Å². The Morgan fingerprint density at radius 1 is 1.40 bits per heavy atom. The van der Waals surface area contributed by atoms with Gasteiger partial charge in [0.2, 0.25) is 0 Å². The van der Waals surface area contributed by atoms with Crippen molar-refractivity contribution in [1.29, 1.82) is 0 Å². The first-order valence-corrected chi connectivity index (χ1v) is 6.79. The minimum absolute atomic E-state index is 0.162. The lowest BCUT2D eigenvalue weighted by Crippen LogP contribution is -2.41. The van der Waals surface area contributed by atoms with Gasteiger partial charge in [-0.25, -0.2) is 9.59 Å². The van der Waals surface area contributed by atoms with Crippen LogP contribution in [-0.4, -0.2) is 28.1 Å². The summed E-state index contributed by atoms with van der Waals surface area (Å²) in [7, 11) is 0. The molecule has 0 spiro atoms. The van der Waals surface area contributed by atoms with E-state index in [0.717, 1.165) is 19.3 Å². The molecule has 2 amide bonds. The average molecular weight is 279 g/mol. The van der Waals surface area contributed by atoms with E-state index >= 15 is 0 Å². The lowest BCUT2D eigenvalue weighted by Gasteiger charge is -2.16. The van der Waals surface area contributed by atoms with Crippen molar-refractivity contribution in [2.45, 2.75) is 45.7 Å². The molecule has 1 unspecified atom stereocenters. The van der Waals surface area contributed by atoms with Gasteiger partial charge in [-0.2, -0.15) is 0 Å². The molecule has 0 aromatic carbocycles. The van der Waals surface area contributed by atoms with Gasteiger partial charge in [0.15, 0.2) is 0 Å². The lowest BCUT2D eigenvalue weighted by atomic mass is 10.1. The number of amides is 2. The minimum Gasteiger partial charge on any atom is -0.478 e. The summed E-state index contributed by atoms with van der Waals surface area (Å²) in [6.07, 6.45) is 4.26. The second-order valence-electron chi connectivity index (χ2n) is 4.56. The Balaban J connectivity index is 2.48. The second kappa shape index (κ2) is 8.14. The number of aromatic carboxylic acids is 1. The van der Waals surface area contributed by atoms with Crippen LogP contribution < -0.4 is 10.6 Å². The third-order valence-electron chi connectivity index (χ3n) is 2.96. The van der Waals surface area contributed by atoms with E-state index in [1.807, 2.05) is 6.92 Å². The monoisotopic (exact) mass is 279 g/mol. The molecule has 6 heteroatoms. The van der Waals surface area contributed by atoms with Crippen molar-refractivity contribution in [2.24, 2.45) is 0 Å². The summed E-state index contributed by atoms with van der Waals surface area (Å²) >= 11 is 0. The van der Waals surface area contributed by atoms with Crippen molar-refractivity contribution in [3.05, 3.63) is 29.6 Å². The van der Waals surface area contributed by atoms with Crippen LogP contribution in [0.15, 0.2) is 18.3 Å². The normalized spacial score (nSPS) is 11.7. The first-order valence-electron chi connectivity index (χ1n) is 6.79. The van der Waals surface area contributed by atoms with E-state index in [1.165, 1.54) is 18.3 Å². The lowest BCUT2D eigenvalue weighted by molar-refractivity contribution is 0.0696. The number of carbonyl (C=O) groups excluding carboxylic acids is 1. The molecular weight excluding hydrogens is 258 g/mol. The maximum absolute atomic E-state index is 11.7. The van der Waals surface area contributed by atoms with E-state index in [4.69, 9.17) is 5.11 Å². The summed E-state index contributed by atoms with van der Waals surface area (Å²) in [4.78, 5) is 26.6. The zero-order valence-electron chi connectivity index (χ0n) is 11.8. The van der Waals surface area contributed by atoms with Crippen molar-refractivity contribution < 1.29 is 14.7 Å². The van der Waals surface area contributed by atoms with E-state index in [1.54, 1.807) is 0 Å². The van der Waals surface area contributed by atoms with Gasteiger partial charge in [-0.1, -0.05) is 20.3 Å². The van der Waals surface area contributed by atoms with Crippen LogP contribution in [-0.2, 0) is 6.54 Å². The van der Waals surface area contributed by atoms with Crippen LogP contribution in [0.1, 0.15) is 49.2 Å². The summed E-state index contributed by atoms with van der Waals surface area (Å²) in [6.45, 7) is 4.30. The molecule has 0 bridgehead atoms. The van der Waals surface area contributed by atoms with E-state index in [0.29, 0.717) is 5.69 Å². The molecule has 1 heterocycles. The zero-order chi connectivity index (χ0) is 15.0. The molecular formula is C14H21N3O3. The maximum Gasteiger partial charge on any atom is 0.335 e. The van der Waals surface area contributed by atoms with Crippen LogP contribution in [0.4, 0.5) is 4.79 Å². The molecule has 1 aromatic rings. The number of carboxylic acids is 1. The molecule has 0 aliphatic heterocycles. The molecule has 0 radical (unpaired) electrons. The van der Waals surface area contributed by atoms with E-state index in [9.17, 15) is 9.59 Å². The van der Waals surface area contributed by atoms with Crippen molar-refractivity contribution >= 4 is 12.0 Å². The standard InChI is InChI=1S/C14H21N3O3/c1-3-5-11(4-2)17-14(20)16-9-12-8-10(13(18)19)6-7-15-12/h6-8,11H,3-5,9H2,1-2H3,(H,18,19)(H2,16,17,20). The molecule has 20 heavy (non-hydrogen) atoms. The molecule has 1 rings (SSSR count). The number of carboxylic acid groups (broad SMARTS) is 1. The summed E-state index contributed by atoms with van der Waals surface area (Å²) in [6, 6.07) is 2.78. The number of hydrogen-bond donors (Lipinski definition) is 3. The van der Waals surface area contributed by atoms with Gasteiger partial charge in [0.25, 0.3) is 0 Å². The molecule has 3 N–H and O–H groups in total. The number of urea groups is 1. The van der Waals surface area contributed by atoms with Crippen LogP contribution in [0, 0.1) is 0 Å². The van der Waals surface area contributed by atoms with Crippen LogP contribution in [0.25, 0.3) is 0 Å². The number of carbonyl (C=O) groups is 2. The van der Waals surface area contributed by atoms with Crippen molar-refractivity contribution in [2.75, 3.05) is 0 Å². The fourth-order valence-corrected chi connectivity index (χ4v) is 1.84. The van der Waals surface area contributed by atoms with Crippen LogP contribution in [0.2, 0.25) is 0 Å². The number of nitrogens with zero attached hydrogens (tertiary/aromatic N) is 1. The topological polar surface area (TPSA) is 91.3 Å². The first-order chi connectivity index (χ1) is 9.56. The molecule has 0 fully saturated rings. The highest BCUT2D eigenvalue weighted by molar-refractivity contribution is 5.87. The van der Waals surface area contributed by atoms with Gasteiger partial charge in [0, 0.05) is 12.2 Å². The van der Waals surface area contributed by atoms with Crippen molar-refractivity contribution in [1.82, 2.24) is 15.6 Å². The molecule has 1 aromatic heterocycles. The van der Waals surface area contributed by atoms with Gasteiger partial charge >= 0.3 is 12.0 Å². The van der Waals surface area contributed by atoms with E-state index in [2.05, 4.69) is 22.5 Å². The predicted octanol–water partition coefficient (Wildman–Crippen LogP) is 2.16. The minimum atomic E-state index is -1.01. The van der Waals surface area contributed by atoms with Gasteiger partial charge in [-0.15, -0.1) is 0 Å². The largest absolute Gasteiger partial charge is 0.478 e. The average Bonchev–Trinajstić information content (AvgIpc) is 2.45. The highest BCUT2D eigenvalue weighted by Gasteiger charge is 2.09. The number of hydrogen-bond acceptors (Lipinski definition) is 3. The van der Waals surface area contributed by atoms with Crippen LogP contribution >= 0.6 is 0 Å². The predicted molar refractivity (Wildman–Crippen MR) is 75.6 cm³/mol. The Kier molecular flexibility index (Phi) is 6.49. The van der Waals surface area contributed by atoms with Crippen LogP contribution in [0.3, 0.4) is 0 Å². The molecule has 110 valence electrons. The van der Waals surface area contributed by atoms with Crippen molar-refractivity contribution in [3.8, 4) is 0 Å². The Hall–Kier alpha value is -2.11. The fraction of sp³-hybridized carbons (Fsp3) is 0.500. The highest BCUT2D eigenvalue weighted by Crippen LogP contribution is 2.02. The molecule has 1 atom stereocenters. The molecule has 0 saturated carbocycles. The quantitative estimate of drug-likeness (QED) is 0.713. The van der Waals surface area contributed by atoms with Crippen molar-refractivity contribution in [3.63, 3.8) is 0 Å². The zero-order valence-corrected chi connectivity index (χ0v) is 11.8. The number of nitrogens with one attached hydrogen (secondary N) is 2. The van der Waals surface area contributed by atoms with Crippen LogP contribution in [0.5, 0.6) is 0 Å². The fourth-order valence-electron chi connectivity index (χ4n) is 1.84. The van der Waals surface area contributed by atoms with Gasteiger partial charge in [0.1, 0.15) is 0 Å². The van der Waals surface area contributed by atoms with Gasteiger partial charge in [-0.05, 0) is 25.0 Å². The molecule has 0 aliphatic rings. The molecule has 0 saturated heterocycles. The smallest absolute Gasteiger partial charge is 0.335 e. The number of pyridine rings is 1. The second-order valence-corrected chi connectivity index (χ2v) is 4.56.